The van der Waals surface area contributed by atoms with Crippen LogP contribution in [-0.4, -0.2) is 49.1 Å². The zero-order valence-corrected chi connectivity index (χ0v) is 17.8. The first kappa shape index (κ1) is 19.8. The van der Waals surface area contributed by atoms with Gasteiger partial charge in [-0.15, -0.1) is 11.3 Å². The fourth-order valence-corrected chi connectivity index (χ4v) is 4.57. The summed E-state index contributed by atoms with van der Waals surface area (Å²) in [5.41, 5.74) is 7.33. The summed E-state index contributed by atoms with van der Waals surface area (Å²) in [6, 6.07) is 18.6. The number of aryl methyl sites for hydroxylation is 1. The van der Waals surface area contributed by atoms with Crippen LogP contribution in [0.5, 0.6) is 0 Å². The number of benzene rings is 2. The van der Waals surface area contributed by atoms with Gasteiger partial charge < -0.3 is 4.90 Å². The van der Waals surface area contributed by atoms with E-state index >= 15 is 0 Å². The number of carbonyl (C=O) groups excluding carboxylic acids is 1. The predicted molar refractivity (Wildman–Crippen MR) is 118 cm³/mol. The Labute approximate surface area is 176 Å². The van der Waals surface area contributed by atoms with E-state index in [0.717, 1.165) is 52.9 Å². The standard InChI is InChI=1S/C23H26N4OS/c1-17-8-10-18(11-9-17)22-20(24-23(29-22)19-6-4-3-5-7-19)16-21(28)25-27-14-12-26(2)13-15-27/h3-11H,12-16H2,1-2H3,(H,25,28)/p+1. The molecule has 6 heteroatoms. The second-order valence-corrected chi connectivity index (χ2v) is 8.68. The number of hydrogen-bond acceptors (Lipinski definition) is 4. The minimum atomic E-state index is 0.00262. The molecule has 0 bridgehead atoms. The third-order valence-electron chi connectivity index (χ3n) is 5.26. The molecule has 4 rings (SSSR count). The first-order valence-corrected chi connectivity index (χ1v) is 10.9. The molecule has 1 amide bonds. The smallest absolute Gasteiger partial charge is 0.240 e. The molecule has 0 unspecified atom stereocenters. The van der Waals surface area contributed by atoms with E-state index in [0.29, 0.717) is 0 Å². The van der Waals surface area contributed by atoms with Crippen LogP contribution in [0, 0.1) is 6.92 Å². The molecule has 3 aromatic rings. The van der Waals surface area contributed by atoms with Gasteiger partial charge >= 0.3 is 0 Å². The van der Waals surface area contributed by atoms with Crippen molar-refractivity contribution in [3.8, 4) is 21.0 Å². The molecule has 1 fully saturated rings. The SMILES string of the molecule is Cc1ccc(-c2sc(-c3ccccc3)nc2CC(=O)NN2CC[NH+](C)CC2)cc1. The van der Waals surface area contributed by atoms with E-state index in [1.807, 2.05) is 23.2 Å². The van der Waals surface area contributed by atoms with Crippen LogP contribution in [0.15, 0.2) is 54.6 Å². The second-order valence-electron chi connectivity index (χ2n) is 7.68. The summed E-state index contributed by atoms with van der Waals surface area (Å²) < 4.78 is 0. The Morgan fingerprint density at radius 2 is 1.76 bits per heavy atom. The van der Waals surface area contributed by atoms with Crippen LogP contribution in [-0.2, 0) is 11.2 Å². The molecule has 0 radical (unpaired) electrons. The van der Waals surface area contributed by atoms with Crippen LogP contribution in [0.4, 0.5) is 0 Å². The number of piperazine rings is 1. The number of nitrogens with one attached hydrogen (secondary N) is 2. The number of aromatic nitrogens is 1. The monoisotopic (exact) mass is 407 g/mol. The van der Waals surface area contributed by atoms with Crippen LogP contribution in [0.3, 0.4) is 0 Å². The maximum atomic E-state index is 12.8. The van der Waals surface area contributed by atoms with Gasteiger partial charge in [-0.05, 0) is 12.5 Å². The van der Waals surface area contributed by atoms with Gasteiger partial charge in [0.1, 0.15) is 5.01 Å². The Morgan fingerprint density at radius 3 is 2.45 bits per heavy atom. The van der Waals surface area contributed by atoms with E-state index in [2.05, 4.69) is 55.8 Å². The zero-order chi connectivity index (χ0) is 20.2. The highest BCUT2D eigenvalue weighted by Gasteiger charge is 2.21. The van der Waals surface area contributed by atoms with E-state index in [1.165, 1.54) is 10.5 Å². The highest BCUT2D eigenvalue weighted by molar-refractivity contribution is 7.18. The molecule has 1 aliphatic rings. The lowest BCUT2D eigenvalue weighted by Gasteiger charge is -2.30. The van der Waals surface area contributed by atoms with Crippen LogP contribution >= 0.6 is 11.3 Å². The fraction of sp³-hybridized carbons (Fsp3) is 0.304. The van der Waals surface area contributed by atoms with Crippen molar-refractivity contribution in [2.75, 3.05) is 33.2 Å². The molecule has 2 aromatic carbocycles. The van der Waals surface area contributed by atoms with Crippen molar-refractivity contribution in [2.45, 2.75) is 13.3 Å². The van der Waals surface area contributed by atoms with Gasteiger partial charge in [-0.25, -0.2) is 9.99 Å². The first-order valence-electron chi connectivity index (χ1n) is 10.1. The number of likely N-dealkylation sites (N-methyl/N-ethyl adjacent to an activating group) is 1. The third kappa shape index (κ3) is 4.90. The van der Waals surface area contributed by atoms with Crippen molar-refractivity contribution >= 4 is 17.2 Å². The quantitative estimate of drug-likeness (QED) is 0.682. The Morgan fingerprint density at radius 1 is 1.07 bits per heavy atom. The summed E-state index contributed by atoms with van der Waals surface area (Å²) in [7, 11) is 2.19. The summed E-state index contributed by atoms with van der Waals surface area (Å²) in [5.74, 6) is 0.00262. The molecular formula is C23H27N4OS+. The maximum absolute atomic E-state index is 12.8. The van der Waals surface area contributed by atoms with Gasteiger partial charge in [0.2, 0.25) is 5.91 Å². The van der Waals surface area contributed by atoms with Crippen molar-refractivity contribution in [1.29, 1.82) is 0 Å². The Balaban J connectivity index is 1.58. The van der Waals surface area contributed by atoms with Crippen LogP contribution in [0.1, 0.15) is 11.3 Å². The predicted octanol–water partition coefficient (Wildman–Crippen LogP) is 2.19. The molecule has 29 heavy (non-hydrogen) atoms. The molecule has 0 aliphatic carbocycles. The third-order valence-corrected chi connectivity index (χ3v) is 6.46. The van der Waals surface area contributed by atoms with E-state index in [9.17, 15) is 4.79 Å². The van der Waals surface area contributed by atoms with Gasteiger partial charge in [0.15, 0.2) is 0 Å². The number of amides is 1. The molecule has 1 aliphatic heterocycles. The van der Waals surface area contributed by atoms with Crippen molar-refractivity contribution in [1.82, 2.24) is 15.4 Å². The second kappa shape index (κ2) is 8.86. The Hall–Kier alpha value is -2.54. The van der Waals surface area contributed by atoms with Gasteiger partial charge in [0.05, 0.1) is 50.2 Å². The van der Waals surface area contributed by atoms with Crippen LogP contribution < -0.4 is 10.3 Å². The summed E-state index contributed by atoms with van der Waals surface area (Å²) in [5, 5.41) is 2.98. The normalized spacial score (nSPS) is 15.4. The van der Waals surface area contributed by atoms with Gasteiger partial charge in [-0.2, -0.15) is 0 Å². The molecule has 0 saturated carbocycles. The van der Waals surface area contributed by atoms with Gasteiger partial charge in [-0.1, -0.05) is 60.2 Å². The molecule has 150 valence electrons. The molecule has 0 spiro atoms. The van der Waals surface area contributed by atoms with E-state index < -0.39 is 0 Å². The highest BCUT2D eigenvalue weighted by atomic mass is 32.1. The number of thiazole rings is 1. The molecular weight excluding hydrogens is 380 g/mol. The van der Waals surface area contributed by atoms with Gasteiger partial charge in [-0.3, -0.25) is 10.2 Å². The minimum absolute atomic E-state index is 0.00262. The number of hydrazine groups is 1. The molecule has 1 aromatic heterocycles. The summed E-state index contributed by atoms with van der Waals surface area (Å²) in [6.45, 7) is 5.94. The average Bonchev–Trinajstić information content (AvgIpc) is 3.14. The fourth-order valence-electron chi connectivity index (χ4n) is 3.47. The Bertz CT molecular complexity index is 960. The maximum Gasteiger partial charge on any atom is 0.240 e. The molecule has 1 saturated heterocycles. The molecule has 0 atom stereocenters. The highest BCUT2D eigenvalue weighted by Crippen LogP contribution is 2.35. The zero-order valence-electron chi connectivity index (χ0n) is 16.9. The first-order chi connectivity index (χ1) is 14.1. The topological polar surface area (TPSA) is 49.7 Å². The summed E-state index contributed by atoms with van der Waals surface area (Å²) in [6.07, 6.45) is 0.283. The van der Waals surface area contributed by atoms with E-state index in [4.69, 9.17) is 4.98 Å². The van der Waals surface area contributed by atoms with Crippen LogP contribution in [0.2, 0.25) is 0 Å². The molecule has 2 heterocycles. The number of carbonyl (C=O) groups is 1. The average molecular weight is 408 g/mol. The van der Waals surface area contributed by atoms with E-state index in [-0.39, 0.29) is 12.3 Å². The number of hydrogen-bond donors (Lipinski definition) is 2. The van der Waals surface area contributed by atoms with Crippen molar-refractivity contribution in [3.05, 3.63) is 65.9 Å². The molecule has 2 N–H and O–H groups in total. The number of quaternary nitrogens is 1. The largest absolute Gasteiger partial charge is 0.335 e. The van der Waals surface area contributed by atoms with Crippen molar-refractivity contribution in [2.24, 2.45) is 0 Å². The van der Waals surface area contributed by atoms with Crippen molar-refractivity contribution in [3.63, 3.8) is 0 Å². The number of rotatable bonds is 5. The lowest BCUT2D eigenvalue weighted by molar-refractivity contribution is -0.884. The van der Waals surface area contributed by atoms with Gasteiger partial charge in [0, 0.05) is 5.56 Å². The van der Waals surface area contributed by atoms with Crippen molar-refractivity contribution < 1.29 is 9.69 Å². The lowest BCUT2D eigenvalue weighted by atomic mass is 10.1. The lowest BCUT2D eigenvalue weighted by Crippen LogP contribution is -3.12. The van der Waals surface area contributed by atoms with E-state index in [1.54, 1.807) is 11.3 Å². The summed E-state index contributed by atoms with van der Waals surface area (Å²) >= 11 is 1.65. The molecule has 5 nitrogen and oxygen atoms in total. The Kier molecular flexibility index (Phi) is 6.04. The van der Waals surface area contributed by atoms with Crippen LogP contribution in [0.25, 0.3) is 21.0 Å². The number of nitrogens with zero attached hydrogens (tertiary/aromatic N) is 2. The minimum Gasteiger partial charge on any atom is -0.335 e. The van der Waals surface area contributed by atoms with Gasteiger partial charge in [0.25, 0.3) is 0 Å². The summed E-state index contributed by atoms with van der Waals surface area (Å²) in [4.78, 5) is 20.2.